The zero-order valence-corrected chi connectivity index (χ0v) is 15.2. The predicted molar refractivity (Wildman–Crippen MR) is 102 cm³/mol. The maximum Gasteiger partial charge on any atom is 0.305 e. The molecule has 0 saturated heterocycles. The Bertz CT molecular complexity index is 1110. The van der Waals surface area contributed by atoms with E-state index in [4.69, 9.17) is 0 Å². The predicted octanol–water partition coefficient (Wildman–Crippen LogP) is 3.38. The maximum absolute atomic E-state index is 11.5. The molecule has 26 heavy (non-hydrogen) atoms. The van der Waals surface area contributed by atoms with Crippen LogP contribution in [0.15, 0.2) is 53.6 Å². The second-order valence-electron chi connectivity index (χ2n) is 6.30. The fraction of sp³-hybridized carbons (Fsp3) is 0.211. The number of hydrogen-bond donors (Lipinski definition) is 2. The van der Waals surface area contributed by atoms with Crippen molar-refractivity contribution in [1.29, 1.82) is 0 Å². The van der Waals surface area contributed by atoms with Crippen LogP contribution in [-0.2, 0) is 0 Å². The van der Waals surface area contributed by atoms with Gasteiger partial charge in [0.15, 0.2) is 5.82 Å². The molecule has 0 saturated carbocycles. The second-order valence-corrected chi connectivity index (χ2v) is 7.32. The summed E-state index contributed by atoms with van der Waals surface area (Å²) in [4.78, 5) is 18.6. The Morgan fingerprint density at radius 2 is 1.96 bits per heavy atom. The van der Waals surface area contributed by atoms with Crippen LogP contribution in [0.25, 0.3) is 16.0 Å². The molecule has 2 atom stereocenters. The third kappa shape index (κ3) is 3.07. The summed E-state index contributed by atoms with van der Waals surface area (Å²) in [7, 11) is 0. The van der Waals surface area contributed by atoms with Gasteiger partial charge in [-0.3, -0.25) is 4.79 Å². The average Bonchev–Trinajstić information content (AvgIpc) is 3.26. The number of aromatic nitrogens is 4. The van der Waals surface area contributed by atoms with Crippen LogP contribution in [0.3, 0.4) is 0 Å². The molecule has 3 heterocycles. The monoisotopic (exact) mass is 366 g/mol. The molecule has 0 fully saturated rings. The molecule has 4 rings (SSSR count). The first kappa shape index (κ1) is 16.7. The molecule has 2 unspecified atom stereocenters. The molecule has 0 spiro atoms. The van der Waals surface area contributed by atoms with Crippen molar-refractivity contribution >= 4 is 21.6 Å². The van der Waals surface area contributed by atoms with Gasteiger partial charge < -0.3 is 10.1 Å². The highest BCUT2D eigenvalue weighted by Gasteiger charge is 2.14. The van der Waals surface area contributed by atoms with E-state index in [1.165, 1.54) is 11.3 Å². The number of nitrogens with zero attached hydrogens (tertiary/aromatic N) is 3. The van der Waals surface area contributed by atoms with Crippen LogP contribution in [0.4, 0.5) is 0 Å². The second kappa shape index (κ2) is 6.51. The molecule has 0 aliphatic heterocycles. The summed E-state index contributed by atoms with van der Waals surface area (Å²) in [5.41, 5.74) is 3.67. The molecule has 1 aromatic carbocycles. The van der Waals surface area contributed by atoms with Gasteiger partial charge in [0, 0.05) is 18.3 Å². The van der Waals surface area contributed by atoms with Crippen molar-refractivity contribution in [2.45, 2.75) is 25.9 Å². The van der Waals surface area contributed by atoms with Gasteiger partial charge in [0.1, 0.15) is 0 Å². The zero-order chi connectivity index (χ0) is 18.3. The molecular weight excluding hydrogens is 348 g/mol. The summed E-state index contributed by atoms with van der Waals surface area (Å²) in [5.74, 6) is 0.793. The topological polar surface area (TPSA) is 83.8 Å². The summed E-state index contributed by atoms with van der Waals surface area (Å²) in [6.07, 6.45) is 3.00. The quantitative estimate of drug-likeness (QED) is 0.580. The van der Waals surface area contributed by atoms with E-state index >= 15 is 0 Å². The fourth-order valence-electron chi connectivity index (χ4n) is 2.88. The van der Waals surface area contributed by atoms with Crippen molar-refractivity contribution < 1.29 is 5.11 Å². The lowest BCUT2D eigenvalue weighted by Gasteiger charge is -2.09. The number of rotatable bonds is 4. The van der Waals surface area contributed by atoms with Gasteiger partial charge in [-0.2, -0.15) is 5.10 Å². The van der Waals surface area contributed by atoms with Crippen molar-refractivity contribution in [2.24, 2.45) is 0 Å². The van der Waals surface area contributed by atoms with E-state index in [1.807, 2.05) is 42.6 Å². The van der Waals surface area contributed by atoms with Gasteiger partial charge in [-0.15, -0.1) is 0 Å². The van der Waals surface area contributed by atoms with Gasteiger partial charge >= 0.3 is 4.87 Å². The van der Waals surface area contributed by atoms with Crippen LogP contribution in [0, 0.1) is 0 Å². The van der Waals surface area contributed by atoms with Gasteiger partial charge in [0.25, 0.3) is 0 Å². The number of aliphatic hydroxyl groups is 1. The number of nitrogens with one attached hydrogen (secondary N) is 1. The number of fused-ring (bicyclic) bond motifs is 1. The molecule has 7 heteroatoms. The van der Waals surface area contributed by atoms with E-state index < -0.39 is 6.10 Å². The van der Waals surface area contributed by atoms with Crippen LogP contribution >= 0.6 is 11.3 Å². The molecule has 132 valence electrons. The number of benzene rings is 1. The lowest BCUT2D eigenvalue weighted by Crippen LogP contribution is -2.03. The van der Waals surface area contributed by atoms with Crippen molar-refractivity contribution in [2.75, 3.05) is 0 Å². The van der Waals surface area contributed by atoms with Gasteiger partial charge in [-0.1, -0.05) is 30.4 Å². The van der Waals surface area contributed by atoms with Crippen LogP contribution in [-0.4, -0.2) is 24.9 Å². The van der Waals surface area contributed by atoms with Crippen molar-refractivity contribution in [1.82, 2.24) is 19.7 Å². The normalized spacial score (nSPS) is 13.8. The summed E-state index contributed by atoms with van der Waals surface area (Å²) >= 11 is 1.22. The highest BCUT2D eigenvalue weighted by molar-refractivity contribution is 7.16. The standard InChI is InChI=1S/C19H18N4O2S/c1-11(13-3-5-16-17(9-13)26-19(25)21-16)15-7-8-23(22-15)18-6-4-14(10-20-18)12(2)24/h3-12,24H,1-2H3,(H,21,25). The summed E-state index contributed by atoms with van der Waals surface area (Å²) in [6, 6.07) is 11.7. The Balaban J connectivity index is 1.62. The smallest absolute Gasteiger partial charge is 0.305 e. The number of pyridine rings is 1. The Labute approximate surface area is 153 Å². The molecule has 0 aliphatic rings. The third-order valence-corrected chi connectivity index (χ3v) is 5.33. The molecule has 6 nitrogen and oxygen atoms in total. The average molecular weight is 366 g/mol. The Hall–Kier alpha value is -2.77. The van der Waals surface area contributed by atoms with Crippen LogP contribution < -0.4 is 4.87 Å². The SMILES string of the molecule is CC(O)c1ccc(-n2ccc(C(C)c3ccc4[nH]c(=O)sc4c3)n2)nc1. The lowest BCUT2D eigenvalue weighted by atomic mass is 9.98. The highest BCUT2D eigenvalue weighted by Crippen LogP contribution is 2.27. The largest absolute Gasteiger partial charge is 0.389 e. The fourth-order valence-corrected chi connectivity index (χ4v) is 3.66. The van der Waals surface area contributed by atoms with Gasteiger partial charge in [-0.25, -0.2) is 9.67 Å². The molecule has 0 radical (unpaired) electrons. The van der Waals surface area contributed by atoms with Crippen molar-refractivity contribution in [3.05, 3.63) is 75.3 Å². The van der Waals surface area contributed by atoms with Crippen LogP contribution in [0.5, 0.6) is 0 Å². The number of H-pyrrole nitrogens is 1. The molecule has 0 aliphatic carbocycles. The van der Waals surface area contributed by atoms with Gasteiger partial charge in [-0.05, 0) is 42.3 Å². The Morgan fingerprint density at radius 3 is 2.69 bits per heavy atom. The van der Waals surface area contributed by atoms with E-state index in [0.29, 0.717) is 5.82 Å². The van der Waals surface area contributed by atoms with Gasteiger partial charge in [0.05, 0.1) is 22.0 Å². The minimum atomic E-state index is -0.538. The van der Waals surface area contributed by atoms with E-state index in [0.717, 1.165) is 27.0 Å². The van der Waals surface area contributed by atoms with Crippen LogP contribution in [0.1, 0.15) is 42.7 Å². The van der Waals surface area contributed by atoms with Gasteiger partial charge in [0.2, 0.25) is 0 Å². The molecule has 4 aromatic rings. The molecule has 0 amide bonds. The number of aliphatic hydroxyl groups excluding tert-OH is 1. The minimum absolute atomic E-state index is 0.0409. The molecule has 0 bridgehead atoms. The number of thiazole rings is 1. The Morgan fingerprint density at radius 1 is 1.15 bits per heavy atom. The van der Waals surface area contributed by atoms with E-state index in [9.17, 15) is 9.90 Å². The van der Waals surface area contributed by atoms with E-state index in [2.05, 4.69) is 22.0 Å². The summed E-state index contributed by atoms with van der Waals surface area (Å²) in [5, 5.41) is 14.2. The molecular formula is C19H18N4O2S. The molecule has 3 aromatic heterocycles. The maximum atomic E-state index is 11.5. The van der Waals surface area contributed by atoms with Crippen molar-refractivity contribution in [3.8, 4) is 5.82 Å². The molecule has 2 N–H and O–H groups in total. The highest BCUT2D eigenvalue weighted by atomic mass is 32.1. The van der Waals surface area contributed by atoms with Crippen LogP contribution in [0.2, 0.25) is 0 Å². The Kier molecular flexibility index (Phi) is 4.18. The first-order valence-corrected chi connectivity index (χ1v) is 9.15. The first-order valence-electron chi connectivity index (χ1n) is 8.34. The lowest BCUT2D eigenvalue weighted by molar-refractivity contribution is 0.199. The third-order valence-electron chi connectivity index (χ3n) is 4.49. The number of aromatic amines is 1. The summed E-state index contributed by atoms with van der Waals surface area (Å²) in [6.45, 7) is 3.80. The van der Waals surface area contributed by atoms with E-state index in [1.54, 1.807) is 17.8 Å². The zero-order valence-electron chi connectivity index (χ0n) is 14.4. The first-order chi connectivity index (χ1) is 12.5. The number of hydrogen-bond acceptors (Lipinski definition) is 5. The van der Waals surface area contributed by atoms with E-state index in [-0.39, 0.29) is 10.8 Å². The summed E-state index contributed by atoms with van der Waals surface area (Å²) < 4.78 is 2.68. The van der Waals surface area contributed by atoms with Crippen molar-refractivity contribution in [3.63, 3.8) is 0 Å². The minimum Gasteiger partial charge on any atom is -0.389 e.